The second-order valence-electron chi connectivity index (χ2n) is 11.4. The van der Waals surface area contributed by atoms with E-state index in [1.165, 1.54) is 0 Å². The average Bonchev–Trinajstić information content (AvgIpc) is 3.17. The summed E-state index contributed by atoms with van der Waals surface area (Å²) in [6.07, 6.45) is 1.73. The summed E-state index contributed by atoms with van der Waals surface area (Å²) >= 11 is 0. The van der Waals surface area contributed by atoms with Crippen molar-refractivity contribution in [2.24, 2.45) is 0 Å². The smallest absolute Gasteiger partial charge is 0.150 e. The van der Waals surface area contributed by atoms with E-state index in [1.54, 1.807) is 0 Å². The Labute approximate surface area is 280 Å². The summed E-state index contributed by atoms with van der Waals surface area (Å²) in [5.74, 6) is 0. The van der Waals surface area contributed by atoms with E-state index < -0.39 is 0 Å². The van der Waals surface area contributed by atoms with Gasteiger partial charge in [-0.05, 0) is 107 Å². The van der Waals surface area contributed by atoms with Gasteiger partial charge in [0.2, 0.25) is 0 Å². The summed E-state index contributed by atoms with van der Waals surface area (Å²) in [6, 6.07) is 60.6. The molecular formula is C44H32N2O2. The molecule has 0 aliphatic carbocycles. The van der Waals surface area contributed by atoms with Crippen molar-refractivity contribution in [3.05, 3.63) is 193 Å². The highest BCUT2D eigenvalue weighted by molar-refractivity contribution is 5.97. The van der Waals surface area contributed by atoms with Crippen molar-refractivity contribution < 1.29 is 9.59 Å². The van der Waals surface area contributed by atoms with Crippen LogP contribution < -0.4 is 9.80 Å². The van der Waals surface area contributed by atoms with Crippen molar-refractivity contribution in [1.29, 1.82) is 0 Å². The van der Waals surface area contributed by atoms with Gasteiger partial charge in [-0.15, -0.1) is 0 Å². The van der Waals surface area contributed by atoms with Gasteiger partial charge in [0, 0.05) is 45.3 Å². The molecule has 0 bridgehead atoms. The molecule has 0 aromatic heterocycles. The second kappa shape index (κ2) is 13.9. The fourth-order valence-electron chi connectivity index (χ4n) is 6.11. The molecule has 0 fully saturated rings. The molecule has 0 amide bonds. The lowest BCUT2D eigenvalue weighted by Gasteiger charge is -2.25. The standard InChI is InChI=1S/C44H32N2O2/c47-31-35-30-44(34-23-27-42(28-24-34)46(39-17-9-3-10-18-39)40-19-11-4-12-20-40)36(32-48)29-43(35)33-21-25-41(26-22-33)45(37-13-5-1-6-14-37)38-15-7-2-8-16-38/h1-32H. The second-order valence-corrected chi connectivity index (χ2v) is 11.4. The lowest BCUT2D eigenvalue weighted by molar-refractivity contribution is 0.111. The Morgan fingerprint density at radius 2 is 0.562 bits per heavy atom. The number of para-hydroxylation sites is 4. The van der Waals surface area contributed by atoms with Crippen molar-refractivity contribution in [3.63, 3.8) is 0 Å². The van der Waals surface area contributed by atoms with E-state index in [0.717, 1.165) is 57.8 Å². The normalized spacial score (nSPS) is 10.7. The topological polar surface area (TPSA) is 40.6 Å². The van der Waals surface area contributed by atoms with Crippen LogP contribution in [-0.4, -0.2) is 12.6 Å². The molecule has 0 aliphatic rings. The summed E-state index contributed by atoms with van der Waals surface area (Å²) in [4.78, 5) is 29.3. The van der Waals surface area contributed by atoms with Crippen LogP contribution in [0.25, 0.3) is 22.3 Å². The van der Waals surface area contributed by atoms with E-state index in [2.05, 4.69) is 58.3 Å². The van der Waals surface area contributed by atoms with Crippen molar-refractivity contribution in [3.8, 4) is 22.3 Å². The number of benzene rings is 7. The quantitative estimate of drug-likeness (QED) is 0.143. The van der Waals surface area contributed by atoms with E-state index in [9.17, 15) is 9.59 Å². The Hall–Kier alpha value is -6.52. The first-order chi connectivity index (χ1) is 23.7. The molecular weight excluding hydrogens is 588 g/mol. The molecule has 0 aliphatic heterocycles. The minimum Gasteiger partial charge on any atom is -0.311 e. The Balaban J connectivity index is 1.23. The van der Waals surface area contributed by atoms with Crippen LogP contribution >= 0.6 is 0 Å². The number of rotatable bonds is 10. The summed E-state index contributed by atoms with van der Waals surface area (Å²) < 4.78 is 0. The van der Waals surface area contributed by atoms with Gasteiger partial charge in [-0.1, -0.05) is 97.1 Å². The minimum atomic E-state index is 0.519. The third-order valence-electron chi connectivity index (χ3n) is 8.41. The molecule has 0 heterocycles. The van der Waals surface area contributed by atoms with Crippen LogP contribution in [0.2, 0.25) is 0 Å². The predicted molar refractivity (Wildman–Crippen MR) is 197 cm³/mol. The first-order valence-corrected chi connectivity index (χ1v) is 15.8. The Bertz CT molecular complexity index is 1890. The molecule has 0 unspecified atom stereocenters. The number of aldehydes is 2. The number of nitrogens with zero attached hydrogens (tertiary/aromatic N) is 2. The molecule has 0 saturated heterocycles. The van der Waals surface area contributed by atoms with Crippen LogP contribution in [0.1, 0.15) is 20.7 Å². The monoisotopic (exact) mass is 620 g/mol. The van der Waals surface area contributed by atoms with Gasteiger partial charge >= 0.3 is 0 Å². The third-order valence-corrected chi connectivity index (χ3v) is 8.41. The van der Waals surface area contributed by atoms with Gasteiger partial charge in [-0.2, -0.15) is 0 Å². The summed E-state index contributed by atoms with van der Waals surface area (Å²) in [5.41, 5.74) is 10.3. The molecule has 0 atom stereocenters. The molecule has 230 valence electrons. The van der Waals surface area contributed by atoms with Gasteiger partial charge in [-0.3, -0.25) is 9.59 Å². The van der Waals surface area contributed by atoms with Gasteiger partial charge < -0.3 is 9.80 Å². The Morgan fingerprint density at radius 1 is 0.312 bits per heavy atom. The molecule has 0 N–H and O–H groups in total. The van der Waals surface area contributed by atoms with Gasteiger partial charge in [0.25, 0.3) is 0 Å². The van der Waals surface area contributed by atoms with E-state index in [4.69, 9.17) is 0 Å². The van der Waals surface area contributed by atoms with Crippen LogP contribution in [0.4, 0.5) is 34.1 Å². The largest absolute Gasteiger partial charge is 0.311 e. The predicted octanol–water partition coefficient (Wildman–Crippen LogP) is 11.6. The van der Waals surface area contributed by atoms with Gasteiger partial charge in [-0.25, -0.2) is 0 Å². The molecule has 4 heteroatoms. The molecule has 4 nitrogen and oxygen atoms in total. The highest BCUT2D eigenvalue weighted by atomic mass is 16.1. The van der Waals surface area contributed by atoms with Crippen molar-refractivity contribution in [2.75, 3.05) is 9.80 Å². The lowest BCUT2D eigenvalue weighted by Crippen LogP contribution is -2.09. The van der Waals surface area contributed by atoms with Gasteiger partial charge in [0.05, 0.1) is 0 Å². The number of hydrogen-bond acceptors (Lipinski definition) is 4. The minimum absolute atomic E-state index is 0.519. The molecule has 48 heavy (non-hydrogen) atoms. The number of anilines is 6. The number of hydrogen-bond donors (Lipinski definition) is 0. The highest BCUT2D eigenvalue weighted by Crippen LogP contribution is 2.39. The first-order valence-electron chi connectivity index (χ1n) is 15.8. The molecule has 7 aromatic rings. The van der Waals surface area contributed by atoms with E-state index in [0.29, 0.717) is 22.3 Å². The molecule has 0 spiro atoms. The number of carbonyl (C=O) groups excluding carboxylic acids is 2. The van der Waals surface area contributed by atoms with Crippen molar-refractivity contribution >= 4 is 46.7 Å². The van der Waals surface area contributed by atoms with E-state index in [1.807, 2.05) is 133 Å². The zero-order chi connectivity index (χ0) is 32.7. The maximum Gasteiger partial charge on any atom is 0.150 e. The highest BCUT2D eigenvalue weighted by Gasteiger charge is 2.17. The first kappa shape index (κ1) is 30.2. The van der Waals surface area contributed by atoms with Crippen LogP contribution in [0.15, 0.2) is 182 Å². The average molecular weight is 621 g/mol. The van der Waals surface area contributed by atoms with Crippen LogP contribution in [-0.2, 0) is 0 Å². The van der Waals surface area contributed by atoms with Gasteiger partial charge in [0.15, 0.2) is 12.6 Å². The SMILES string of the molecule is O=Cc1cc(-c2ccc(N(c3ccccc3)c3ccccc3)cc2)c(C=O)cc1-c1ccc(N(c2ccccc2)c2ccccc2)cc1. The van der Waals surface area contributed by atoms with E-state index in [-0.39, 0.29) is 0 Å². The summed E-state index contributed by atoms with van der Waals surface area (Å²) in [7, 11) is 0. The summed E-state index contributed by atoms with van der Waals surface area (Å²) in [6.45, 7) is 0. The molecule has 0 saturated carbocycles. The lowest BCUT2D eigenvalue weighted by atomic mass is 9.91. The zero-order valence-corrected chi connectivity index (χ0v) is 26.2. The third kappa shape index (κ3) is 6.15. The van der Waals surface area contributed by atoms with Crippen LogP contribution in [0.3, 0.4) is 0 Å². The maximum atomic E-state index is 12.5. The van der Waals surface area contributed by atoms with Gasteiger partial charge in [0.1, 0.15) is 0 Å². The Kier molecular flexibility index (Phi) is 8.70. The van der Waals surface area contributed by atoms with Crippen molar-refractivity contribution in [2.45, 2.75) is 0 Å². The summed E-state index contributed by atoms with van der Waals surface area (Å²) in [5, 5.41) is 0. The van der Waals surface area contributed by atoms with E-state index >= 15 is 0 Å². The maximum absolute atomic E-state index is 12.5. The molecule has 7 rings (SSSR count). The molecule has 7 aromatic carbocycles. The molecule has 0 radical (unpaired) electrons. The number of carbonyl (C=O) groups is 2. The fraction of sp³-hybridized carbons (Fsp3) is 0. The van der Waals surface area contributed by atoms with Crippen LogP contribution in [0.5, 0.6) is 0 Å². The Morgan fingerprint density at radius 3 is 0.812 bits per heavy atom. The fourth-order valence-corrected chi connectivity index (χ4v) is 6.11. The van der Waals surface area contributed by atoms with Crippen LogP contribution in [0, 0.1) is 0 Å². The zero-order valence-electron chi connectivity index (χ0n) is 26.2. The van der Waals surface area contributed by atoms with Crippen molar-refractivity contribution in [1.82, 2.24) is 0 Å².